The van der Waals surface area contributed by atoms with E-state index in [1.54, 1.807) is 6.20 Å². The fraction of sp³-hybridized carbons (Fsp3) is 0.455. The largest absolute Gasteiger partial charge is 0.494 e. The first-order valence-electron chi connectivity index (χ1n) is 10.0. The average Bonchev–Trinajstić information content (AvgIpc) is 2.71. The van der Waals surface area contributed by atoms with Crippen molar-refractivity contribution in [1.82, 2.24) is 9.88 Å². The summed E-state index contributed by atoms with van der Waals surface area (Å²) in [5.74, 6) is 1.55. The van der Waals surface area contributed by atoms with Crippen molar-refractivity contribution in [1.29, 1.82) is 0 Å². The van der Waals surface area contributed by atoms with Gasteiger partial charge in [-0.1, -0.05) is 6.07 Å². The first-order valence-corrected chi connectivity index (χ1v) is 10.0. The molecule has 0 bridgehead atoms. The maximum Gasteiger partial charge on any atom is 0.228 e. The van der Waals surface area contributed by atoms with Crippen molar-refractivity contribution in [3.63, 3.8) is 0 Å². The van der Waals surface area contributed by atoms with E-state index in [9.17, 15) is 4.79 Å². The molecule has 2 aromatic rings. The molecule has 1 amide bonds. The molecule has 1 unspecified atom stereocenters. The highest BCUT2D eigenvalue weighted by Crippen LogP contribution is 2.24. The van der Waals surface area contributed by atoms with Gasteiger partial charge in [-0.25, -0.2) is 4.98 Å². The second-order valence-electron chi connectivity index (χ2n) is 6.92. The Morgan fingerprint density at radius 1 is 1.18 bits per heavy atom. The van der Waals surface area contributed by atoms with E-state index in [1.807, 2.05) is 50.2 Å². The Labute approximate surface area is 166 Å². The highest BCUT2D eigenvalue weighted by molar-refractivity contribution is 5.92. The van der Waals surface area contributed by atoms with Crippen LogP contribution in [0.2, 0.25) is 0 Å². The van der Waals surface area contributed by atoms with Gasteiger partial charge >= 0.3 is 0 Å². The van der Waals surface area contributed by atoms with Crippen LogP contribution >= 0.6 is 0 Å². The molecule has 0 spiro atoms. The van der Waals surface area contributed by atoms with Crippen molar-refractivity contribution in [3.8, 4) is 11.6 Å². The summed E-state index contributed by atoms with van der Waals surface area (Å²) in [7, 11) is 0. The molecule has 1 aromatic carbocycles. The molecule has 1 aromatic heterocycles. The number of nitrogens with one attached hydrogen (secondary N) is 1. The van der Waals surface area contributed by atoms with E-state index in [0.717, 1.165) is 49.5 Å². The number of pyridine rings is 1. The summed E-state index contributed by atoms with van der Waals surface area (Å²) in [4.78, 5) is 19.4. The number of rotatable bonds is 8. The second kappa shape index (κ2) is 10.1. The van der Waals surface area contributed by atoms with Crippen LogP contribution in [0.1, 0.15) is 32.3 Å². The lowest BCUT2D eigenvalue weighted by Crippen LogP contribution is -2.40. The summed E-state index contributed by atoms with van der Waals surface area (Å²) < 4.78 is 11.1. The maximum atomic E-state index is 12.7. The zero-order valence-electron chi connectivity index (χ0n) is 16.7. The average molecular weight is 383 g/mol. The summed E-state index contributed by atoms with van der Waals surface area (Å²) >= 11 is 0. The molecule has 6 heteroatoms. The number of piperidine rings is 1. The molecule has 2 heterocycles. The number of amides is 1. The standard InChI is InChI=1S/C22H29N3O3/c1-3-27-20-11-9-19(10-12-20)24-21(26)17-8-6-14-25(15-17)16-18-7-5-13-23-22(18)28-4-2/h5,7,9-13,17H,3-4,6,8,14-16H2,1-2H3,(H,24,26). The minimum atomic E-state index is -0.0208. The molecule has 1 atom stereocenters. The molecule has 28 heavy (non-hydrogen) atoms. The van der Waals surface area contributed by atoms with Gasteiger partial charge in [0.2, 0.25) is 11.8 Å². The van der Waals surface area contributed by atoms with E-state index in [-0.39, 0.29) is 11.8 Å². The van der Waals surface area contributed by atoms with Gasteiger partial charge in [0.25, 0.3) is 0 Å². The Hall–Kier alpha value is -2.60. The highest BCUT2D eigenvalue weighted by Gasteiger charge is 2.26. The minimum absolute atomic E-state index is 0.0208. The van der Waals surface area contributed by atoms with Gasteiger partial charge in [0.1, 0.15) is 5.75 Å². The van der Waals surface area contributed by atoms with Gasteiger partial charge in [-0.3, -0.25) is 9.69 Å². The second-order valence-corrected chi connectivity index (χ2v) is 6.92. The molecule has 150 valence electrons. The number of aromatic nitrogens is 1. The van der Waals surface area contributed by atoms with Crippen LogP contribution in [0.3, 0.4) is 0 Å². The molecule has 1 aliphatic rings. The molecule has 0 saturated carbocycles. The molecular formula is C22H29N3O3. The van der Waals surface area contributed by atoms with Gasteiger partial charge < -0.3 is 14.8 Å². The molecule has 1 N–H and O–H groups in total. The molecule has 6 nitrogen and oxygen atoms in total. The molecule has 0 aliphatic carbocycles. The predicted octanol–water partition coefficient (Wildman–Crippen LogP) is 3.73. The Morgan fingerprint density at radius 3 is 2.71 bits per heavy atom. The predicted molar refractivity (Wildman–Crippen MR) is 110 cm³/mol. The fourth-order valence-electron chi connectivity index (χ4n) is 3.51. The number of hydrogen-bond acceptors (Lipinski definition) is 5. The van der Waals surface area contributed by atoms with Crippen molar-refractivity contribution < 1.29 is 14.3 Å². The highest BCUT2D eigenvalue weighted by atomic mass is 16.5. The van der Waals surface area contributed by atoms with Gasteiger partial charge in [-0.2, -0.15) is 0 Å². The molecule has 3 rings (SSSR count). The first kappa shape index (κ1) is 20.1. The van der Waals surface area contributed by atoms with Crippen molar-refractivity contribution in [2.45, 2.75) is 33.2 Å². The van der Waals surface area contributed by atoms with Crippen LogP contribution in [-0.4, -0.2) is 42.1 Å². The third kappa shape index (κ3) is 5.45. The van der Waals surface area contributed by atoms with Crippen LogP contribution < -0.4 is 14.8 Å². The zero-order valence-corrected chi connectivity index (χ0v) is 16.7. The molecule has 0 radical (unpaired) electrons. The van der Waals surface area contributed by atoms with Crippen molar-refractivity contribution in [3.05, 3.63) is 48.2 Å². The van der Waals surface area contributed by atoms with Gasteiger partial charge in [-0.05, 0) is 63.6 Å². The molecule has 1 saturated heterocycles. The number of likely N-dealkylation sites (tertiary alicyclic amines) is 1. The fourth-order valence-corrected chi connectivity index (χ4v) is 3.51. The van der Waals surface area contributed by atoms with Crippen LogP contribution in [0.4, 0.5) is 5.69 Å². The van der Waals surface area contributed by atoms with Crippen LogP contribution in [-0.2, 0) is 11.3 Å². The maximum absolute atomic E-state index is 12.7. The third-order valence-corrected chi connectivity index (χ3v) is 4.83. The Kier molecular flexibility index (Phi) is 7.25. The number of nitrogens with zero attached hydrogens (tertiary/aromatic N) is 2. The van der Waals surface area contributed by atoms with E-state index in [4.69, 9.17) is 9.47 Å². The number of carbonyl (C=O) groups excluding carboxylic acids is 1. The lowest BCUT2D eigenvalue weighted by molar-refractivity contribution is -0.121. The Bertz CT molecular complexity index is 764. The topological polar surface area (TPSA) is 63.7 Å². The summed E-state index contributed by atoms with van der Waals surface area (Å²) in [5.41, 5.74) is 1.87. The van der Waals surface area contributed by atoms with Crippen molar-refractivity contribution >= 4 is 11.6 Å². The third-order valence-electron chi connectivity index (χ3n) is 4.83. The lowest BCUT2D eigenvalue weighted by atomic mass is 9.96. The lowest BCUT2D eigenvalue weighted by Gasteiger charge is -2.32. The number of ether oxygens (including phenoxy) is 2. The number of benzene rings is 1. The van der Waals surface area contributed by atoms with E-state index >= 15 is 0 Å². The van der Waals surface area contributed by atoms with Gasteiger partial charge in [0.05, 0.1) is 19.1 Å². The molecule has 1 aliphatic heterocycles. The molecular weight excluding hydrogens is 354 g/mol. The van der Waals surface area contributed by atoms with Crippen molar-refractivity contribution in [2.75, 3.05) is 31.6 Å². The number of hydrogen-bond donors (Lipinski definition) is 1. The normalized spacial score (nSPS) is 17.1. The van der Waals surface area contributed by atoms with E-state index < -0.39 is 0 Å². The monoisotopic (exact) mass is 383 g/mol. The van der Waals surface area contributed by atoms with Gasteiger partial charge in [0, 0.05) is 30.5 Å². The van der Waals surface area contributed by atoms with Crippen LogP contribution in [0.25, 0.3) is 0 Å². The van der Waals surface area contributed by atoms with Crippen molar-refractivity contribution in [2.24, 2.45) is 5.92 Å². The molecule has 1 fully saturated rings. The quantitative estimate of drug-likeness (QED) is 0.752. The number of anilines is 1. The first-order chi connectivity index (χ1) is 13.7. The summed E-state index contributed by atoms with van der Waals surface area (Å²) in [6, 6.07) is 11.5. The van der Waals surface area contributed by atoms with E-state index in [2.05, 4.69) is 15.2 Å². The number of carbonyl (C=O) groups is 1. The van der Waals surface area contributed by atoms with E-state index in [0.29, 0.717) is 19.1 Å². The SMILES string of the molecule is CCOc1ccc(NC(=O)C2CCCN(Cc3cccnc3OCC)C2)cc1. The summed E-state index contributed by atoms with van der Waals surface area (Å²) in [6.07, 6.45) is 3.66. The zero-order chi connectivity index (χ0) is 19.8. The Balaban J connectivity index is 1.57. The summed E-state index contributed by atoms with van der Waals surface area (Å²) in [5, 5.41) is 3.04. The van der Waals surface area contributed by atoms with Gasteiger partial charge in [-0.15, -0.1) is 0 Å². The van der Waals surface area contributed by atoms with E-state index in [1.165, 1.54) is 0 Å². The van der Waals surface area contributed by atoms with Crippen LogP contribution in [0.5, 0.6) is 11.6 Å². The summed E-state index contributed by atoms with van der Waals surface area (Å²) in [6.45, 7) is 7.60. The van der Waals surface area contributed by atoms with Crippen LogP contribution in [0.15, 0.2) is 42.6 Å². The smallest absolute Gasteiger partial charge is 0.228 e. The Morgan fingerprint density at radius 2 is 1.96 bits per heavy atom. The minimum Gasteiger partial charge on any atom is -0.494 e. The van der Waals surface area contributed by atoms with Crippen LogP contribution in [0, 0.1) is 5.92 Å². The van der Waals surface area contributed by atoms with Gasteiger partial charge in [0.15, 0.2) is 0 Å².